The SMILES string of the molecule is CCN(CCC#N)C(=O)c1cccc2nccnc12. The van der Waals surface area contributed by atoms with Crippen LogP contribution in [0.4, 0.5) is 0 Å². The van der Waals surface area contributed by atoms with Gasteiger partial charge in [-0.2, -0.15) is 5.26 Å². The summed E-state index contributed by atoms with van der Waals surface area (Å²) in [6.45, 7) is 2.89. The number of para-hydroxylation sites is 1. The molecule has 0 N–H and O–H groups in total. The first-order valence-corrected chi connectivity index (χ1v) is 6.14. The minimum absolute atomic E-state index is 0.108. The molecule has 1 heterocycles. The number of nitrogens with zero attached hydrogens (tertiary/aromatic N) is 4. The number of hydrogen-bond donors (Lipinski definition) is 0. The van der Waals surface area contributed by atoms with Crippen LogP contribution in [0.5, 0.6) is 0 Å². The second kappa shape index (κ2) is 5.91. The van der Waals surface area contributed by atoms with E-state index in [0.29, 0.717) is 36.1 Å². The lowest BCUT2D eigenvalue weighted by atomic mass is 10.1. The molecule has 0 aliphatic rings. The van der Waals surface area contributed by atoms with Gasteiger partial charge < -0.3 is 4.90 Å². The number of hydrogen-bond acceptors (Lipinski definition) is 4. The van der Waals surface area contributed by atoms with Gasteiger partial charge in [0.05, 0.1) is 23.6 Å². The van der Waals surface area contributed by atoms with Gasteiger partial charge in [0, 0.05) is 25.5 Å². The molecule has 96 valence electrons. The number of nitriles is 1. The molecule has 1 aromatic heterocycles. The number of benzene rings is 1. The molecule has 19 heavy (non-hydrogen) atoms. The fourth-order valence-corrected chi connectivity index (χ4v) is 1.92. The van der Waals surface area contributed by atoms with Gasteiger partial charge in [-0.15, -0.1) is 0 Å². The van der Waals surface area contributed by atoms with Crippen molar-refractivity contribution >= 4 is 16.9 Å². The Morgan fingerprint density at radius 3 is 2.89 bits per heavy atom. The van der Waals surface area contributed by atoms with Gasteiger partial charge in [-0.1, -0.05) is 6.07 Å². The second-order valence-electron chi connectivity index (χ2n) is 4.02. The largest absolute Gasteiger partial charge is 0.338 e. The third-order valence-electron chi connectivity index (χ3n) is 2.89. The number of fused-ring (bicyclic) bond motifs is 1. The summed E-state index contributed by atoms with van der Waals surface area (Å²) in [5.41, 5.74) is 1.83. The van der Waals surface area contributed by atoms with Gasteiger partial charge in [0.1, 0.15) is 5.52 Å². The van der Waals surface area contributed by atoms with Crippen LogP contribution in [0, 0.1) is 11.3 Å². The fraction of sp³-hybridized carbons (Fsp3) is 0.286. The highest BCUT2D eigenvalue weighted by Crippen LogP contribution is 2.16. The van der Waals surface area contributed by atoms with Gasteiger partial charge in [0.15, 0.2) is 0 Å². The average Bonchev–Trinajstić information content (AvgIpc) is 2.47. The Balaban J connectivity index is 2.38. The van der Waals surface area contributed by atoms with Gasteiger partial charge in [0.2, 0.25) is 0 Å². The summed E-state index contributed by atoms with van der Waals surface area (Å²) in [5, 5.41) is 8.62. The first-order valence-electron chi connectivity index (χ1n) is 6.14. The van der Waals surface area contributed by atoms with E-state index in [4.69, 9.17) is 5.26 Å². The van der Waals surface area contributed by atoms with Gasteiger partial charge in [0.25, 0.3) is 5.91 Å². The average molecular weight is 254 g/mol. The molecule has 0 bridgehead atoms. The van der Waals surface area contributed by atoms with Crippen molar-refractivity contribution < 1.29 is 4.79 Å². The summed E-state index contributed by atoms with van der Waals surface area (Å²) >= 11 is 0. The van der Waals surface area contributed by atoms with E-state index >= 15 is 0 Å². The number of carbonyl (C=O) groups is 1. The molecule has 0 spiro atoms. The maximum atomic E-state index is 12.4. The molecule has 0 atom stereocenters. The van der Waals surface area contributed by atoms with E-state index in [1.165, 1.54) is 0 Å². The second-order valence-corrected chi connectivity index (χ2v) is 4.02. The highest BCUT2D eigenvalue weighted by atomic mass is 16.2. The maximum absolute atomic E-state index is 12.4. The summed E-state index contributed by atoms with van der Waals surface area (Å²) in [7, 11) is 0. The van der Waals surface area contributed by atoms with Crippen LogP contribution in [0.2, 0.25) is 0 Å². The predicted molar refractivity (Wildman–Crippen MR) is 71.3 cm³/mol. The van der Waals surface area contributed by atoms with Gasteiger partial charge in [-0.05, 0) is 19.1 Å². The quantitative estimate of drug-likeness (QED) is 0.836. The van der Waals surface area contributed by atoms with E-state index in [1.807, 2.05) is 13.0 Å². The van der Waals surface area contributed by atoms with Crippen LogP contribution < -0.4 is 0 Å². The molecule has 5 nitrogen and oxygen atoms in total. The molecule has 2 rings (SSSR count). The van der Waals surface area contributed by atoms with Crippen LogP contribution in [-0.2, 0) is 0 Å². The molecular formula is C14H14N4O. The molecule has 0 saturated carbocycles. The maximum Gasteiger partial charge on any atom is 0.256 e. The van der Waals surface area contributed by atoms with E-state index < -0.39 is 0 Å². The fourth-order valence-electron chi connectivity index (χ4n) is 1.92. The zero-order valence-corrected chi connectivity index (χ0v) is 10.7. The Bertz CT molecular complexity index is 627. The monoisotopic (exact) mass is 254 g/mol. The van der Waals surface area contributed by atoms with E-state index in [2.05, 4.69) is 16.0 Å². The van der Waals surface area contributed by atoms with E-state index in [0.717, 1.165) is 0 Å². The van der Waals surface area contributed by atoms with Crippen LogP contribution in [0.3, 0.4) is 0 Å². The molecule has 0 radical (unpaired) electrons. The molecule has 2 aromatic rings. The number of carbonyl (C=O) groups excluding carboxylic acids is 1. The third kappa shape index (κ3) is 2.68. The van der Waals surface area contributed by atoms with Crippen molar-refractivity contribution in [2.75, 3.05) is 13.1 Å². The van der Waals surface area contributed by atoms with E-state index in [9.17, 15) is 4.79 Å². The molecule has 1 amide bonds. The molecule has 0 saturated heterocycles. The van der Waals surface area contributed by atoms with Gasteiger partial charge in [-0.25, -0.2) is 0 Å². The smallest absolute Gasteiger partial charge is 0.256 e. The molecule has 0 aliphatic heterocycles. The van der Waals surface area contributed by atoms with Crippen molar-refractivity contribution in [1.29, 1.82) is 5.26 Å². The summed E-state index contributed by atoms with van der Waals surface area (Å²) in [4.78, 5) is 22.5. The molecule has 1 aromatic carbocycles. The molecule has 0 fully saturated rings. The zero-order valence-electron chi connectivity index (χ0n) is 10.7. The lowest BCUT2D eigenvalue weighted by Crippen LogP contribution is -2.31. The van der Waals surface area contributed by atoms with Gasteiger partial charge in [-0.3, -0.25) is 14.8 Å². The summed E-state index contributed by atoms with van der Waals surface area (Å²) < 4.78 is 0. The zero-order chi connectivity index (χ0) is 13.7. The van der Waals surface area contributed by atoms with Gasteiger partial charge >= 0.3 is 0 Å². The highest BCUT2D eigenvalue weighted by molar-refractivity contribution is 6.04. The number of aromatic nitrogens is 2. The van der Waals surface area contributed by atoms with Crippen LogP contribution in [0.15, 0.2) is 30.6 Å². The minimum Gasteiger partial charge on any atom is -0.338 e. The molecular weight excluding hydrogens is 240 g/mol. The predicted octanol–water partition coefficient (Wildman–Crippen LogP) is 2.01. The van der Waals surface area contributed by atoms with Crippen LogP contribution in [0.1, 0.15) is 23.7 Å². The Morgan fingerprint density at radius 2 is 2.16 bits per heavy atom. The Labute approximate surface area is 111 Å². The van der Waals surface area contributed by atoms with Crippen molar-refractivity contribution in [3.05, 3.63) is 36.2 Å². The van der Waals surface area contributed by atoms with Crippen molar-refractivity contribution in [2.45, 2.75) is 13.3 Å². The van der Waals surface area contributed by atoms with Crippen molar-refractivity contribution in [2.24, 2.45) is 0 Å². The topological polar surface area (TPSA) is 69.9 Å². The summed E-state index contributed by atoms with van der Waals surface area (Å²) in [6, 6.07) is 7.42. The molecule has 5 heteroatoms. The lowest BCUT2D eigenvalue weighted by molar-refractivity contribution is 0.0769. The van der Waals surface area contributed by atoms with Crippen molar-refractivity contribution in [1.82, 2.24) is 14.9 Å². The van der Waals surface area contributed by atoms with Crippen LogP contribution in [0.25, 0.3) is 11.0 Å². The lowest BCUT2D eigenvalue weighted by Gasteiger charge is -2.19. The summed E-state index contributed by atoms with van der Waals surface area (Å²) in [5.74, 6) is -0.108. The van der Waals surface area contributed by atoms with E-state index in [1.54, 1.807) is 29.4 Å². The third-order valence-corrected chi connectivity index (χ3v) is 2.89. The van der Waals surface area contributed by atoms with Crippen LogP contribution >= 0.6 is 0 Å². The van der Waals surface area contributed by atoms with Crippen molar-refractivity contribution in [3.8, 4) is 6.07 Å². The number of rotatable bonds is 4. The minimum atomic E-state index is -0.108. The Hall–Kier alpha value is -2.48. The van der Waals surface area contributed by atoms with Crippen LogP contribution in [-0.4, -0.2) is 33.9 Å². The Morgan fingerprint density at radius 1 is 1.37 bits per heavy atom. The summed E-state index contributed by atoms with van der Waals surface area (Å²) in [6.07, 6.45) is 3.50. The molecule has 0 unspecified atom stereocenters. The first kappa shape index (κ1) is 13.0. The highest BCUT2D eigenvalue weighted by Gasteiger charge is 2.17. The van der Waals surface area contributed by atoms with Crippen molar-refractivity contribution in [3.63, 3.8) is 0 Å². The number of amides is 1. The Kier molecular flexibility index (Phi) is 4.04. The van der Waals surface area contributed by atoms with E-state index in [-0.39, 0.29) is 5.91 Å². The first-order chi connectivity index (χ1) is 9.27. The normalized spacial score (nSPS) is 10.1. The molecule has 0 aliphatic carbocycles. The standard InChI is InChI=1S/C14H14N4O/c1-2-18(10-4-7-15)14(19)11-5-3-6-12-13(11)17-9-8-16-12/h3,5-6,8-9H,2,4,10H2,1H3.